The average molecular weight is 143 g/mol. The van der Waals surface area contributed by atoms with Gasteiger partial charge in [-0.2, -0.15) is 8.75 Å². The maximum absolute atomic E-state index is 10.7. The smallest absolute Gasteiger partial charge is 0.0693 e. The Bertz CT molecular complexity index is 197. The Labute approximate surface area is 57.7 Å². The minimum absolute atomic E-state index is 0.171. The van der Waals surface area contributed by atoms with Crippen LogP contribution >= 0.6 is 11.7 Å². The van der Waals surface area contributed by atoms with Gasteiger partial charge in [-0.15, -0.1) is 0 Å². The van der Waals surface area contributed by atoms with Crippen molar-refractivity contribution in [2.24, 2.45) is 0 Å². The fraction of sp³-hybridized carbons (Fsp3) is 0.600. The third kappa shape index (κ3) is 1.18. The minimum Gasteiger partial charge on any atom is -0.857 e. The molecule has 0 radical (unpaired) electrons. The predicted octanol–water partition coefficient (Wildman–Crippen LogP) is 0.735. The first kappa shape index (κ1) is 6.48. The molecule has 0 fully saturated rings. The fourth-order valence-electron chi connectivity index (χ4n) is 0.540. The Morgan fingerprint density at radius 3 is 2.33 bits per heavy atom. The Hall–Kier alpha value is -0.640. The Morgan fingerprint density at radius 2 is 2.11 bits per heavy atom. The Kier molecular flexibility index (Phi) is 1.66. The first-order chi connectivity index (χ1) is 4.22. The summed E-state index contributed by atoms with van der Waals surface area (Å²) in [6.45, 7) is 3.86. The van der Waals surface area contributed by atoms with Gasteiger partial charge in [0.05, 0.1) is 17.4 Å². The molecule has 0 amide bonds. The van der Waals surface area contributed by atoms with E-state index in [1.165, 1.54) is 0 Å². The van der Waals surface area contributed by atoms with Gasteiger partial charge in [0.15, 0.2) is 0 Å². The van der Waals surface area contributed by atoms with E-state index in [2.05, 4.69) is 8.75 Å². The molecule has 0 aromatic carbocycles. The highest BCUT2D eigenvalue weighted by molar-refractivity contribution is 6.99. The molecule has 0 aliphatic heterocycles. The van der Waals surface area contributed by atoms with Crippen molar-refractivity contribution in [3.63, 3.8) is 0 Å². The summed E-state index contributed by atoms with van der Waals surface area (Å²) in [5, 5.41) is 10.7. The minimum atomic E-state index is -0.171. The van der Waals surface area contributed by atoms with E-state index in [-0.39, 0.29) is 11.8 Å². The molecule has 9 heavy (non-hydrogen) atoms. The average Bonchev–Trinajstić information content (AvgIpc) is 2.13. The van der Waals surface area contributed by atoms with Crippen LogP contribution < -0.4 is 5.11 Å². The van der Waals surface area contributed by atoms with Gasteiger partial charge in [-0.05, 0) is 5.92 Å². The second kappa shape index (κ2) is 2.31. The summed E-state index contributed by atoms with van der Waals surface area (Å²) >= 11 is 0.982. The summed E-state index contributed by atoms with van der Waals surface area (Å²) < 4.78 is 7.35. The van der Waals surface area contributed by atoms with E-state index in [4.69, 9.17) is 0 Å². The molecule has 0 bridgehead atoms. The third-order valence-corrected chi connectivity index (χ3v) is 1.55. The first-order valence-electron chi connectivity index (χ1n) is 2.71. The molecule has 0 unspecified atom stereocenters. The van der Waals surface area contributed by atoms with Crippen molar-refractivity contribution in [2.75, 3.05) is 0 Å². The van der Waals surface area contributed by atoms with E-state index in [9.17, 15) is 5.11 Å². The van der Waals surface area contributed by atoms with Crippen molar-refractivity contribution >= 4 is 11.7 Å². The highest BCUT2D eigenvalue weighted by Crippen LogP contribution is 2.18. The van der Waals surface area contributed by atoms with Gasteiger partial charge >= 0.3 is 0 Å². The standard InChI is InChI=1S/C5H8N2OS/c1-3(2)4-5(8)7-9-6-4/h3H,1-2H3,(H,7,8)/p-1. The summed E-state index contributed by atoms with van der Waals surface area (Å²) in [6, 6.07) is 0. The van der Waals surface area contributed by atoms with Crippen LogP contribution in [0.5, 0.6) is 5.88 Å². The summed E-state index contributed by atoms with van der Waals surface area (Å²) in [5.74, 6) is 0.0336. The summed E-state index contributed by atoms with van der Waals surface area (Å²) in [7, 11) is 0. The Balaban J connectivity index is 2.94. The van der Waals surface area contributed by atoms with Crippen LogP contribution in [-0.4, -0.2) is 8.75 Å². The van der Waals surface area contributed by atoms with E-state index < -0.39 is 0 Å². The SMILES string of the molecule is CC(C)c1nsnc1[O-]. The third-order valence-electron chi connectivity index (χ3n) is 1.03. The molecule has 4 heteroatoms. The lowest BCUT2D eigenvalue weighted by atomic mass is 10.1. The molecular formula is C5H7N2OS-. The van der Waals surface area contributed by atoms with Gasteiger partial charge < -0.3 is 5.11 Å². The van der Waals surface area contributed by atoms with Crippen molar-refractivity contribution < 1.29 is 5.11 Å². The van der Waals surface area contributed by atoms with E-state index >= 15 is 0 Å². The maximum Gasteiger partial charge on any atom is 0.0693 e. The van der Waals surface area contributed by atoms with Crippen molar-refractivity contribution in [1.82, 2.24) is 8.75 Å². The molecule has 0 N–H and O–H groups in total. The lowest BCUT2D eigenvalue weighted by Crippen LogP contribution is -1.96. The molecule has 0 atom stereocenters. The quantitative estimate of drug-likeness (QED) is 0.582. The summed E-state index contributed by atoms with van der Waals surface area (Å²) in [6.07, 6.45) is 0. The molecule has 0 aliphatic rings. The first-order valence-corrected chi connectivity index (χ1v) is 3.44. The number of hydrogen-bond acceptors (Lipinski definition) is 4. The highest BCUT2D eigenvalue weighted by Gasteiger charge is 2.02. The van der Waals surface area contributed by atoms with Crippen LogP contribution in [0.1, 0.15) is 25.5 Å². The zero-order valence-electron chi connectivity index (χ0n) is 5.29. The van der Waals surface area contributed by atoms with Crippen molar-refractivity contribution in [2.45, 2.75) is 19.8 Å². The largest absolute Gasteiger partial charge is 0.857 e. The van der Waals surface area contributed by atoms with Crippen LogP contribution in [0, 0.1) is 0 Å². The van der Waals surface area contributed by atoms with Gasteiger partial charge in [-0.25, -0.2) is 0 Å². The van der Waals surface area contributed by atoms with Gasteiger partial charge in [0.2, 0.25) is 0 Å². The van der Waals surface area contributed by atoms with E-state index in [1.54, 1.807) is 0 Å². The highest BCUT2D eigenvalue weighted by atomic mass is 32.1. The maximum atomic E-state index is 10.7. The van der Waals surface area contributed by atoms with Crippen LogP contribution in [0.15, 0.2) is 0 Å². The van der Waals surface area contributed by atoms with Gasteiger partial charge in [0.1, 0.15) is 0 Å². The van der Waals surface area contributed by atoms with E-state index in [0.717, 1.165) is 11.7 Å². The van der Waals surface area contributed by atoms with Crippen LogP contribution in [0.3, 0.4) is 0 Å². The van der Waals surface area contributed by atoms with Gasteiger partial charge in [-0.1, -0.05) is 13.8 Å². The summed E-state index contributed by atoms with van der Waals surface area (Å²) in [5.41, 5.74) is 0.583. The molecule has 0 aliphatic carbocycles. The zero-order valence-corrected chi connectivity index (χ0v) is 6.10. The van der Waals surface area contributed by atoms with Gasteiger partial charge in [0.25, 0.3) is 0 Å². The number of rotatable bonds is 1. The molecule has 1 heterocycles. The molecule has 0 spiro atoms. The normalized spacial score (nSPS) is 10.6. The second-order valence-corrected chi connectivity index (χ2v) is 2.64. The molecule has 50 valence electrons. The lowest BCUT2D eigenvalue weighted by molar-refractivity contribution is -0.275. The molecule has 1 aromatic rings. The van der Waals surface area contributed by atoms with Gasteiger partial charge in [0, 0.05) is 5.88 Å². The topological polar surface area (TPSA) is 48.8 Å². The van der Waals surface area contributed by atoms with Crippen LogP contribution in [-0.2, 0) is 0 Å². The second-order valence-electron chi connectivity index (χ2n) is 2.11. The van der Waals surface area contributed by atoms with Crippen molar-refractivity contribution in [1.29, 1.82) is 0 Å². The van der Waals surface area contributed by atoms with Gasteiger partial charge in [-0.3, -0.25) is 0 Å². The van der Waals surface area contributed by atoms with Crippen LogP contribution in [0.4, 0.5) is 0 Å². The van der Waals surface area contributed by atoms with E-state index in [0.29, 0.717) is 5.69 Å². The number of hydrogen-bond donors (Lipinski definition) is 0. The lowest BCUT2D eigenvalue weighted by Gasteiger charge is -2.04. The molecular weight excluding hydrogens is 136 g/mol. The predicted molar refractivity (Wildman–Crippen MR) is 33.4 cm³/mol. The van der Waals surface area contributed by atoms with Crippen LogP contribution in [0.25, 0.3) is 0 Å². The Morgan fingerprint density at radius 1 is 1.44 bits per heavy atom. The van der Waals surface area contributed by atoms with E-state index in [1.807, 2.05) is 13.8 Å². The molecule has 0 saturated carbocycles. The zero-order chi connectivity index (χ0) is 6.85. The molecule has 1 aromatic heterocycles. The van der Waals surface area contributed by atoms with Crippen molar-refractivity contribution in [3.8, 4) is 5.88 Å². The summed E-state index contributed by atoms with van der Waals surface area (Å²) in [4.78, 5) is 0. The monoisotopic (exact) mass is 143 g/mol. The molecule has 1 rings (SSSR count). The molecule has 0 saturated heterocycles. The van der Waals surface area contributed by atoms with Crippen molar-refractivity contribution in [3.05, 3.63) is 5.69 Å². The fourth-order valence-corrected chi connectivity index (χ4v) is 1.13. The number of nitrogens with zero attached hydrogens (tertiary/aromatic N) is 2. The molecule has 3 nitrogen and oxygen atoms in total. The van der Waals surface area contributed by atoms with Crippen LogP contribution in [0.2, 0.25) is 0 Å². The number of aromatic nitrogens is 2.